The van der Waals surface area contributed by atoms with E-state index in [1.807, 2.05) is 0 Å². The molecule has 0 aromatic carbocycles. The molecule has 21 heteroatoms. The summed E-state index contributed by atoms with van der Waals surface area (Å²) in [5, 5.41) is 9.87. The van der Waals surface area contributed by atoms with Gasteiger partial charge in [0.1, 0.15) is 31.5 Å². The van der Waals surface area contributed by atoms with Crippen LogP contribution in [0.2, 0.25) is 0 Å². The maximum Gasteiger partial charge on any atom is 0.490 e. The van der Waals surface area contributed by atoms with Crippen LogP contribution < -0.4 is 11.4 Å². The number of phosphoric ester groups is 1. The largest absolute Gasteiger partial charge is 0.490 e. The molecule has 0 saturated heterocycles. The maximum absolute atomic E-state index is 13.8. The summed E-state index contributed by atoms with van der Waals surface area (Å²) in [6.45, 7) is -3.85. The molecule has 32 heavy (non-hydrogen) atoms. The van der Waals surface area contributed by atoms with Gasteiger partial charge in [0, 0.05) is 6.20 Å². The fraction of sp³-hybridized carbons (Fsp3) is 0.636. The zero-order chi connectivity index (χ0) is 25.0. The lowest BCUT2D eigenvalue weighted by Gasteiger charge is -2.36. The molecule has 2 unspecified atom stereocenters. The number of phosphoric acid groups is 3. The van der Waals surface area contributed by atoms with Gasteiger partial charge in [-0.3, -0.25) is 9.09 Å². The Labute approximate surface area is 178 Å². The van der Waals surface area contributed by atoms with E-state index < -0.39 is 67.0 Å². The van der Waals surface area contributed by atoms with E-state index in [1.165, 1.54) is 0 Å². The molecule has 0 amide bonds. The number of hydrogen-bond acceptors (Lipinski definition) is 11. The summed E-state index contributed by atoms with van der Waals surface area (Å²) in [6, 6.07) is 1.15. The number of hydrogen-bond donors (Lipinski definition) is 6. The number of aliphatic hydroxyl groups excluding tert-OH is 1. The summed E-state index contributed by atoms with van der Waals surface area (Å²) >= 11 is 0. The molecule has 1 aromatic heterocycles. The maximum atomic E-state index is 13.8. The fourth-order valence-corrected chi connectivity index (χ4v) is 5.18. The molecule has 5 atom stereocenters. The molecule has 7 N–H and O–H groups in total. The van der Waals surface area contributed by atoms with Gasteiger partial charge in [-0.25, -0.2) is 27.3 Å². The van der Waals surface area contributed by atoms with Crippen molar-refractivity contribution in [3.8, 4) is 0 Å². The predicted molar refractivity (Wildman–Crippen MR) is 99.2 cm³/mol. The Hall–Kier alpha value is -1.13. The first-order valence-electron chi connectivity index (χ1n) is 8.07. The van der Waals surface area contributed by atoms with E-state index in [1.54, 1.807) is 0 Å². The summed E-state index contributed by atoms with van der Waals surface area (Å²) < 4.78 is 77.9. The van der Waals surface area contributed by atoms with E-state index in [9.17, 15) is 37.3 Å². The average Bonchev–Trinajstić information content (AvgIpc) is 2.61. The molecule has 1 rings (SSSR count). The highest BCUT2D eigenvalue weighted by Gasteiger charge is 2.46. The third-order valence-electron chi connectivity index (χ3n) is 3.52. The molecule has 0 radical (unpaired) electrons. The molecule has 0 aliphatic rings. The normalized spacial score (nSPS) is 20.0. The van der Waals surface area contributed by atoms with Crippen molar-refractivity contribution < 1.29 is 65.0 Å². The Morgan fingerprint density at radius 2 is 1.78 bits per heavy atom. The van der Waals surface area contributed by atoms with Crippen LogP contribution in [0.4, 0.5) is 14.6 Å². The molecule has 0 saturated carbocycles. The molecule has 0 aliphatic heterocycles. The highest BCUT2D eigenvalue weighted by Crippen LogP contribution is 2.66. The fourth-order valence-electron chi connectivity index (χ4n) is 2.10. The lowest BCUT2D eigenvalue weighted by molar-refractivity contribution is -0.200. The molecule has 186 valence electrons. The first-order valence-corrected chi connectivity index (χ1v) is 12.6. The Kier molecular flexibility index (Phi) is 9.81. The minimum atomic E-state index is -5.88. The van der Waals surface area contributed by atoms with E-state index in [2.05, 4.69) is 18.1 Å². The molecule has 0 bridgehead atoms. The van der Waals surface area contributed by atoms with Crippen molar-refractivity contribution in [2.45, 2.75) is 24.9 Å². The molecule has 1 aromatic rings. The quantitative estimate of drug-likeness (QED) is 0.179. The lowest BCUT2D eigenvalue weighted by atomic mass is 10.00. The summed E-state index contributed by atoms with van der Waals surface area (Å²) in [5.41, 5.74) is 1.55. The zero-order valence-corrected chi connectivity index (χ0v) is 18.7. The van der Waals surface area contributed by atoms with Gasteiger partial charge in [0.25, 0.3) is 0 Å². The van der Waals surface area contributed by atoms with Gasteiger partial charge < -0.3 is 35.2 Å². The van der Waals surface area contributed by atoms with E-state index in [4.69, 9.17) is 25.2 Å². The SMILES string of the molecule is C[C@@H](O[C@](CF)(COP(=O)(O)OP(=O)(O)OP(=O)(O)O)[C@@H](O)CF)n1ccc(N)nc1=O. The number of halogens is 2. The minimum Gasteiger partial charge on any atom is -0.387 e. The molecule has 0 fully saturated rings. The van der Waals surface area contributed by atoms with Crippen molar-refractivity contribution >= 4 is 29.3 Å². The van der Waals surface area contributed by atoms with Gasteiger partial charge in [0.05, 0.1) is 6.61 Å². The monoisotopic (exact) mass is 533 g/mol. The van der Waals surface area contributed by atoms with Crippen LogP contribution in [0.3, 0.4) is 0 Å². The van der Waals surface area contributed by atoms with E-state index in [0.717, 1.165) is 23.8 Å². The number of nitrogens with two attached hydrogens (primary N) is 1. The summed E-state index contributed by atoms with van der Waals surface area (Å²) in [4.78, 5) is 50.8. The smallest absolute Gasteiger partial charge is 0.387 e. The number of anilines is 1. The van der Waals surface area contributed by atoms with Crippen LogP contribution >= 0.6 is 23.5 Å². The summed E-state index contributed by atoms with van der Waals surface area (Å²) in [5.74, 6) is -0.174. The van der Waals surface area contributed by atoms with Crippen LogP contribution in [0.15, 0.2) is 17.1 Å². The lowest BCUT2D eigenvalue weighted by Crippen LogP contribution is -2.53. The first-order chi connectivity index (χ1) is 14.5. The van der Waals surface area contributed by atoms with Gasteiger partial charge in [-0.2, -0.15) is 13.6 Å². The van der Waals surface area contributed by atoms with E-state index >= 15 is 0 Å². The minimum absolute atomic E-state index is 0.174. The number of rotatable bonds is 13. The van der Waals surface area contributed by atoms with Gasteiger partial charge in [0.2, 0.25) is 0 Å². The van der Waals surface area contributed by atoms with Crippen LogP contribution in [0.25, 0.3) is 0 Å². The second kappa shape index (κ2) is 10.9. The first kappa shape index (κ1) is 28.9. The highest BCUT2D eigenvalue weighted by molar-refractivity contribution is 7.66. The number of aromatic nitrogens is 2. The number of alkyl halides is 2. The van der Waals surface area contributed by atoms with E-state index in [-0.39, 0.29) is 5.82 Å². The Balaban J connectivity index is 3.11. The van der Waals surface area contributed by atoms with Crippen molar-refractivity contribution in [3.05, 3.63) is 22.7 Å². The molecular weight excluding hydrogens is 513 g/mol. The van der Waals surface area contributed by atoms with Crippen molar-refractivity contribution in [3.63, 3.8) is 0 Å². The highest BCUT2D eigenvalue weighted by atomic mass is 31.3. The predicted octanol–water partition coefficient (Wildman–Crippen LogP) is -0.257. The topological polar surface area (TPSA) is 250 Å². The molecular formula is C11H20F2N3O13P3. The van der Waals surface area contributed by atoms with E-state index in [0.29, 0.717) is 0 Å². The van der Waals surface area contributed by atoms with Crippen LogP contribution in [0.1, 0.15) is 13.2 Å². The third-order valence-corrected chi connectivity index (χ3v) is 7.30. The second-order valence-electron chi connectivity index (χ2n) is 5.99. The summed E-state index contributed by atoms with van der Waals surface area (Å²) in [7, 11) is -17.3. The van der Waals surface area contributed by atoms with Gasteiger partial charge in [-0.05, 0) is 13.0 Å². The summed E-state index contributed by atoms with van der Waals surface area (Å²) in [6.07, 6.45) is -2.79. The van der Waals surface area contributed by atoms with Crippen molar-refractivity contribution in [2.75, 3.05) is 25.7 Å². The standard InChI is InChI=1S/C11H20F2N3O13P3/c1-7(16-3-2-9(14)15-10(16)18)27-11(5-13,8(17)4-12)6-26-31(22,23)29-32(24,25)28-30(19,20)21/h2-3,7-8,17H,4-6H2,1H3,(H,22,23)(H,24,25)(H2,14,15,18)(H2,19,20,21)/t7-,8+,11-/m1/s1. The Morgan fingerprint density at radius 1 is 1.19 bits per heavy atom. The van der Waals surface area contributed by atoms with Gasteiger partial charge >= 0.3 is 29.2 Å². The molecule has 16 nitrogen and oxygen atoms in total. The third kappa shape index (κ3) is 8.67. The number of nitrogen functional groups attached to an aromatic ring is 1. The Bertz CT molecular complexity index is 989. The van der Waals surface area contributed by atoms with Gasteiger partial charge in [-0.1, -0.05) is 0 Å². The van der Waals surface area contributed by atoms with Gasteiger partial charge in [-0.15, -0.1) is 0 Å². The number of aliphatic hydroxyl groups is 1. The van der Waals surface area contributed by atoms with Crippen molar-refractivity contribution in [1.29, 1.82) is 0 Å². The average molecular weight is 533 g/mol. The molecule has 0 aliphatic carbocycles. The number of nitrogens with zero attached hydrogens (tertiary/aromatic N) is 2. The Morgan fingerprint density at radius 3 is 2.25 bits per heavy atom. The van der Waals surface area contributed by atoms with Crippen LogP contribution in [-0.2, 0) is 31.6 Å². The molecule has 1 heterocycles. The van der Waals surface area contributed by atoms with Crippen molar-refractivity contribution in [1.82, 2.24) is 9.55 Å². The van der Waals surface area contributed by atoms with Crippen molar-refractivity contribution in [2.24, 2.45) is 0 Å². The second-order valence-corrected chi connectivity index (χ2v) is 10.4. The zero-order valence-electron chi connectivity index (χ0n) is 16.0. The van der Waals surface area contributed by atoms with Gasteiger partial charge in [0.15, 0.2) is 5.60 Å². The number of ether oxygens (including phenoxy) is 1. The van der Waals surface area contributed by atoms with Crippen LogP contribution in [-0.4, -0.2) is 65.9 Å². The van der Waals surface area contributed by atoms with Crippen LogP contribution in [0.5, 0.6) is 0 Å². The van der Waals surface area contributed by atoms with Crippen LogP contribution in [0, 0.1) is 0 Å². The molecule has 0 spiro atoms.